The van der Waals surface area contributed by atoms with Gasteiger partial charge in [-0.1, -0.05) is 6.07 Å². The van der Waals surface area contributed by atoms with Crippen molar-refractivity contribution in [3.8, 4) is 11.4 Å². The van der Waals surface area contributed by atoms with Crippen molar-refractivity contribution < 1.29 is 4.74 Å². The van der Waals surface area contributed by atoms with Crippen molar-refractivity contribution in [1.29, 1.82) is 0 Å². The molecule has 0 unspecified atom stereocenters. The third-order valence-electron chi connectivity index (χ3n) is 3.89. The topological polar surface area (TPSA) is 63.5 Å². The lowest BCUT2D eigenvalue weighted by atomic mass is 10.3. The second-order valence-corrected chi connectivity index (χ2v) is 6.66. The van der Waals surface area contributed by atoms with Crippen LogP contribution in [0.5, 0.6) is 5.75 Å². The van der Waals surface area contributed by atoms with Gasteiger partial charge in [0.25, 0.3) is 0 Å². The van der Waals surface area contributed by atoms with Gasteiger partial charge < -0.3 is 15.4 Å². The van der Waals surface area contributed by atoms with E-state index in [0.29, 0.717) is 6.54 Å². The summed E-state index contributed by atoms with van der Waals surface area (Å²) in [5.74, 6) is 1.61. The molecular weight excluding hydrogens is 473 g/mol. The van der Waals surface area contributed by atoms with E-state index in [0.717, 1.165) is 36.1 Å². The number of halogens is 1. The summed E-state index contributed by atoms with van der Waals surface area (Å²) in [6, 6.07) is 14.0. The highest BCUT2D eigenvalue weighted by molar-refractivity contribution is 14.0. The third-order valence-corrected chi connectivity index (χ3v) is 4.82. The largest absolute Gasteiger partial charge is 0.497 e. The fraction of sp³-hybridized carbons (Fsp3) is 0.263. The Hall–Kier alpha value is -2.07. The second-order valence-electron chi connectivity index (χ2n) is 5.63. The SMILES string of the molecule is CN=C(NCCc1cccs1)NCc1ccn(-c2ccc(OC)cc2)n1.I. The van der Waals surface area contributed by atoms with E-state index >= 15 is 0 Å². The number of rotatable bonds is 7. The van der Waals surface area contributed by atoms with Crippen LogP contribution < -0.4 is 15.4 Å². The van der Waals surface area contributed by atoms with Gasteiger partial charge in [-0.15, -0.1) is 35.3 Å². The highest BCUT2D eigenvalue weighted by Crippen LogP contribution is 2.14. The average molecular weight is 497 g/mol. The van der Waals surface area contributed by atoms with Crippen molar-refractivity contribution in [3.05, 3.63) is 64.6 Å². The minimum absolute atomic E-state index is 0. The van der Waals surface area contributed by atoms with Crippen LogP contribution in [-0.2, 0) is 13.0 Å². The summed E-state index contributed by atoms with van der Waals surface area (Å²) in [6.45, 7) is 1.46. The first-order valence-corrected chi connectivity index (χ1v) is 9.32. The molecule has 0 aliphatic rings. The maximum Gasteiger partial charge on any atom is 0.191 e. The summed E-state index contributed by atoms with van der Waals surface area (Å²) in [5.41, 5.74) is 1.94. The molecule has 3 aromatic rings. The van der Waals surface area contributed by atoms with Crippen LogP contribution in [0.1, 0.15) is 10.6 Å². The van der Waals surface area contributed by atoms with E-state index in [-0.39, 0.29) is 24.0 Å². The first kappa shape index (κ1) is 21.2. The van der Waals surface area contributed by atoms with Crippen molar-refractivity contribution in [1.82, 2.24) is 20.4 Å². The molecule has 0 bridgehead atoms. The molecule has 2 heterocycles. The Morgan fingerprint density at radius 1 is 1.19 bits per heavy atom. The van der Waals surface area contributed by atoms with Crippen molar-refractivity contribution in [3.63, 3.8) is 0 Å². The summed E-state index contributed by atoms with van der Waals surface area (Å²) in [5, 5.41) is 13.3. The Morgan fingerprint density at radius 3 is 2.67 bits per heavy atom. The molecule has 0 spiro atoms. The van der Waals surface area contributed by atoms with Crippen molar-refractivity contribution in [2.24, 2.45) is 4.99 Å². The molecule has 3 rings (SSSR count). The Labute approximate surface area is 180 Å². The number of nitrogens with zero attached hydrogens (tertiary/aromatic N) is 3. The molecular formula is C19H24IN5OS. The predicted octanol–water partition coefficient (Wildman–Crippen LogP) is 3.47. The molecule has 27 heavy (non-hydrogen) atoms. The van der Waals surface area contributed by atoms with Crippen molar-refractivity contribution in [2.75, 3.05) is 20.7 Å². The normalized spacial score (nSPS) is 11.0. The number of nitrogens with one attached hydrogen (secondary N) is 2. The molecule has 0 atom stereocenters. The molecule has 0 saturated carbocycles. The lowest BCUT2D eigenvalue weighted by Gasteiger charge is -2.10. The second kappa shape index (κ2) is 10.9. The predicted molar refractivity (Wildman–Crippen MR) is 122 cm³/mol. The number of aromatic nitrogens is 2. The van der Waals surface area contributed by atoms with Gasteiger partial charge in [-0.2, -0.15) is 5.10 Å². The highest BCUT2D eigenvalue weighted by Gasteiger charge is 2.04. The molecule has 0 saturated heterocycles. The summed E-state index contributed by atoms with van der Waals surface area (Å²) in [7, 11) is 3.43. The molecule has 8 heteroatoms. The first-order valence-electron chi connectivity index (χ1n) is 8.44. The zero-order chi connectivity index (χ0) is 18.2. The van der Waals surface area contributed by atoms with Crippen LogP contribution in [0, 0.1) is 0 Å². The monoisotopic (exact) mass is 497 g/mol. The molecule has 6 nitrogen and oxygen atoms in total. The zero-order valence-electron chi connectivity index (χ0n) is 15.4. The van der Waals surface area contributed by atoms with E-state index in [4.69, 9.17) is 4.74 Å². The molecule has 0 radical (unpaired) electrons. The van der Waals surface area contributed by atoms with Gasteiger partial charge in [-0.05, 0) is 48.2 Å². The summed E-state index contributed by atoms with van der Waals surface area (Å²) < 4.78 is 7.03. The highest BCUT2D eigenvalue weighted by atomic mass is 127. The smallest absolute Gasteiger partial charge is 0.191 e. The molecule has 144 valence electrons. The molecule has 0 fully saturated rings. The summed E-state index contributed by atoms with van der Waals surface area (Å²) in [6.07, 6.45) is 2.94. The Kier molecular flexibility index (Phi) is 8.59. The number of aliphatic imine (C=N–C) groups is 1. The van der Waals surface area contributed by atoms with Gasteiger partial charge in [0.2, 0.25) is 0 Å². The van der Waals surface area contributed by atoms with Crippen molar-refractivity contribution in [2.45, 2.75) is 13.0 Å². The van der Waals surface area contributed by atoms with Crippen LogP contribution in [-0.4, -0.2) is 36.4 Å². The van der Waals surface area contributed by atoms with Gasteiger partial charge in [0.1, 0.15) is 5.75 Å². The Morgan fingerprint density at radius 2 is 2.00 bits per heavy atom. The van der Waals surface area contributed by atoms with Crippen molar-refractivity contribution >= 4 is 41.3 Å². The van der Waals surface area contributed by atoms with Gasteiger partial charge in [-0.3, -0.25) is 4.99 Å². The number of thiophene rings is 1. The number of hydrogen-bond acceptors (Lipinski definition) is 4. The summed E-state index contributed by atoms with van der Waals surface area (Å²) in [4.78, 5) is 5.62. The standard InChI is InChI=1S/C19H23N5OS.HI/c1-20-19(21-11-9-18-4-3-13-26-18)22-14-15-10-12-24(23-15)16-5-7-17(25-2)8-6-16;/h3-8,10,12-13H,9,11,14H2,1-2H3,(H2,20,21,22);1H. The fourth-order valence-corrected chi connectivity index (χ4v) is 3.20. The van der Waals surface area contributed by atoms with E-state index in [1.807, 2.05) is 41.2 Å². The molecule has 2 aromatic heterocycles. The van der Waals surface area contributed by atoms with E-state index in [1.165, 1.54) is 4.88 Å². The van der Waals surface area contributed by atoms with Gasteiger partial charge in [-0.25, -0.2) is 4.68 Å². The van der Waals surface area contributed by atoms with E-state index in [2.05, 4.69) is 38.2 Å². The van der Waals surface area contributed by atoms with E-state index in [1.54, 1.807) is 25.5 Å². The zero-order valence-corrected chi connectivity index (χ0v) is 18.5. The van der Waals surface area contributed by atoms with Crippen LogP contribution in [0.3, 0.4) is 0 Å². The number of hydrogen-bond donors (Lipinski definition) is 2. The number of ether oxygens (including phenoxy) is 1. The summed E-state index contributed by atoms with van der Waals surface area (Å²) >= 11 is 1.77. The van der Waals surface area contributed by atoms with E-state index < -0.39 is 0 Å². The minimum Gasteiger partial charge on any atom is -0.497 e. The lowest BCUT2D eigenvalue weighted by molar-refractivity contribution is 0.414. The maximum absolute atomic E-state index is 5.18. The Balaban J connectivity index is 0.00000261. The van der Waals surface area contributed by atoms with E-state index in [9.17, 15) is 0 Å². The first-order chi connectivity index (χ1) is 12.8. The minimum atomic E-state index is 0. The molecule has 0 amide bonds. The van der Waals surface area contributed by atoms with Crippen LogP contribution in [0.15, 0.2) is 59.0 Å². The molecule has 0 aliphatic carbocycles. The maximum atomic E-state index is 5.18. The van der Waals surface area contributed by atoms with Crippen LogP contribution >= 0.6 is 35.3 Å². The van der Waals surface area contributed by atoms with Gasteiger partial charge in [0.05, 0.1) is 25.0 Å². The lowest BCUT2D eigenvalue weighted by Crippen LogP contribution is -2.37. The number of guanidine groups is 1. The van der Waals surface area contributed by atoms with Crippen LogP contribution in [0.4, 0.5) is 0 Å². The molecule has 2 N–H and O–H groups in total. The number of methoxy groups -OCH3 is 1. The fourth-order valence-electron chi connectivity index (χ4n) is 2.49. The van der Waals surface area contributed by atoms with Gasteiger partial charge in [0.15, 0.2) is 5.96 Å². The van der Waals surface area contributed by atoms with Crippen LogP contribution in [0.25, 0.3) is 5.69 Å². The van der Waals surface area contributed by atoms with Gasteiger partial charge >= 0.3 is 0 Å². The van der Waals surface area contributed by atoms with Crippen LogP contribution in [0.2, 0.25) is 0 Å². The third kappa shape index (κ3) is 6.24. The van der Waals surface area contributed by atoms with Gasteiger partial charge in [0, 0.05) is 24.7 Å². The Bertz CT molecular complexity index is 830. The molecule has 0 aliphatic heterocycles. The quantitative estimate of drug-likeness (QED) is 0.298. The molecule has 1 aromatic carbocycles. The average Bonchev–Trinajstić information content (AvgIpc) is 3.36. The number of benzene rings is 1.